The van der Waals surface area contributed by atoms with Crippen molar-refractivity contribution in [3.8, 4) is 34.3 Å². The summed E-state index contributed by atoms with van der Waals surface area (Å²) in [4.78, 5) is 13.5. The SMILES string of the molecule is Cc1ccc(-c2nc(Nc3ccccc3)nc(-c3ccc(C)cc3O)n2)c(O)c1. The highest BCUT2D eigenvalue weighted by Gasteiger charge is 2.16. The normalized spacial score (nSPS) is 10.7. The van der Waals surface area contributed by atoms with Gasteiger partial charge in [0.25, 0.3) is 0 Å². The van der Waals surface area contributed by atoms with Gasteiger partial charge in [-0.05, 0) is 61.4 Å². The third kappa shape index (κ3) is 4.01. The lowest BCUT2D eigenvalue weighted by Crippen LogP contribution is -2.03. The number of phenolic OH excluding ortho intramolecular Hbond substituents is 2. The molecule has 0 radical (unpaired) electrons. The predicted molar refractivity (Wildman–Crippen MR) is 113 cm³/mol. The lowest BCUT2D eigenvalue weighted by molar-refractivity contribution is 0.476. The van der Waals surface area contributed by atoms with Crippen LogP contribution in [0.5, 0.6) is 11.5 Å². The molecule has 0 aliphatic rings. The van der Waals surface area contributed by atoms with Gasteiger partial charge in [-0.1, -0.05) is 30.3 Å². The van der Waals surface area contributed by atoms with Crippen LogP contribution in [0.4, 0.5) is 11.6 Å². The Morgan fingerprint density at radius 3 is 1.66 bits per heavy atom. The number of nitrogens with one attached hydrogen (secondary N) is 1. The standard InChI is InChI=1S/C23H20N4O2/c1-14-8-10-17(19(28)12-14)21-25-22(18-11-9-15(2)13-20(18)29)27-23(26-21)24-16-6-4-3-5-7-16/h3-13,28-29H,1-2H3,(H,24,25,26,27). The van der Waals surface area contributed by atoms with Crippen molar-refractivity contribution in [3.05, 3.63) is 77.9 Å². The fourth-order valence-electron chi connectivity index (χ4n) is 2.98. The number of benzene rings is 3. The third-order valence-electron chi connectivity index (χ3n) is 4.45. The van der Waals surface area contributed by atoms with Gasteiger partial charge in [0.05, 0.1) is 11.1 Å². The first-order valence-electron chi connectivity index (χ1n) is 9.18. The molecule has 4 aromatic rings. The summed E-state index contributed by atoms with van der Waals surface area (Å²) < 4.78 is 0. The maximum atomic E-state index is 10.4. The van der Waals surface area contributed by atoms with E-state index in [0.717, 1.165) is 16.8 Å². The van der Waals surface area contributed by atoms with Gasteiger partial charge in [0.15, 0.2) is 11.6 Å². The van der Waals surface area contributed by atoms with E-state index in [2.05, 4.69) is 20.3 Å². The highest BCUT2D eigenvalue weighted by molar-refractivity contribution is 5.71. The molecule has 144 valence electrons. The largest absolute Gasteiger partial charge is 0.507 e. The van der Waals surface area contributed by atoms with Crippen LogP contribution in [-0.2, 0) is 0 Å². The maximum absolute atomic E-state index is 10.4. The summed E-state index contributed by atoms with van der Waals surface area (Å²) in [6.45, 7) is 3.80. The minimum atomic E-state index is 0.0842. The molecule has 0 aliphatic heterocycles. The van der Waals surface area contributed by atoms with Gasteiger partial charge in [0.1, 0.15) is 11.5 Å². The highest BCUT2D eigenvalue weighted by Crippen LogP contribution is 2.32. The van der Waals surface area contributed by atoms with Crippen molar-refractivity contribution in [1.82, 2.24) is 15.0 Å². The van der Waals surface area contributed by atoms with Gasteiger partial charge >= 0.3 is 0 Å². The second-order valence-electron chi connectivity index (χ2n) is 6.84. The Morgan fingerprint density at radius 2 is 1.17 bits per heavy atom. The smallest absolute Gasteiger partial charge is 0.231 e. The quantitative estimate of drug-likeness (QED) is 0.460. The van der Waals surface area contributed by atoms with E-state index in [-0.39, 0.29) is 11.5 Å². The molecular weight excluding hydrogens is 364 g/mol. The van der Waals surface area contributed by atoms with Crippen molar-refractivity contribution in [1.29, 1.82) is 0 Å². The number of aromatic hydroxyl groups is 2. The predicted octanol–water partition coefficient (Wildman–Crippen LogP) is 4.98. The molecule has 4 rings (SSSR count). The summed E-state index contributed by atoms with van der Waals surface area (Å²) in [6.07, 6.45) is 0. The fraction of sp³-hybridized carbons (Fsp3) is 0.0870. The zero-order valence-electron chi connectivity index (χ0n) is 16.1. The summed E-state index contributed by atoms with van der Waals surface area (Å²) in [6, 6.07) is 20.1. The van der Waals surface area contributed by atoms with Crippen LogP contribution in [0, 0.1) is 13.8 Å². The Balaban J connectivity index is 1.87. The molecule has 0 fully saturated rings. The molecule has 29 heavy (non-hydrogen) atoms. The second kappa shape index (κ2) is 7.59. The van der Waals surface area contributed by atoms with Gasteiger partial charge in [0.2, 0.25) is 5.95 Å². The van der Waals surface area contributed by atoms with E-state index in [0.29, 0.717) is 28.7 Å². The molecule has 0 bridgehead atoms. The molecule has 6 heteroatoms. The molecule has 0 aliphatic carbocycles. The van der Waals surface area contributed by atoms with E-state index in [1.807, 2.05) is 56.3 Å². The van der Waals surface area contributed by atoms with Crippen molar-refractivity contribution in [2.45, 2.75) is 13.8 Å². The first-order valence-corrected chi connectivity index (χ1v) is 9.18. The third-order valence-corrected chi connectivity index (χ3v) is 4.45. The lowest BCUT2D eigenvalue weighted by Gasteiger charge is -2.11. The van der Waals surface area contributed by atoms with Crippen molar-refractivity contribution < 1.29 is 10.2 Å². The average molecular weight is 384 g/mol. The van der Waals surface area contributed by atoms with Crippen LogP contribution in [0.1, 0.15) is 11.1 Å². The first-order chi connectivity index (χ1) is 14.0. The molecule has 0 spiro atoms. The van der Waals surface area contributed by atoms with Crippen LogP contribution in [-0.4, -0.2) is 25.2 Å². The fourth-order valence-corrected chi connectivity index (χ4v) is 2.98. The van der Waals surface area contributed by atoms with E-state index in [4.69, 9.17) is 0 Å². The first kappa shape index (κ1) is 18.4. The number of phenols is 2. The summed E-state index contributed by atoms with van der Waals surface area (Å²) >= 11 is 0. The van der Waals surface area contributed by atoms with Gasteiger partial charge in [-0.3, -0.25) is 0 Å². The number of aryl methyl sites for hydroxylation is 2. The van der Waals surface area contributed by atoms with Gasteiger partial charge in [-0.25, -0.2) is 4.98 Å². The molecule has 6 nitrogen and oxygen atoms in total. The number of nitrogens with zero attached hydrogens (tertiary/aromatic N) is 3. The zero-order valence-corrected chi connectivity index (χ0v) is 16.1. The van der Waals surface area contributed by atoms with E-state index in [1.165, 1.54) is 0 Å². The Kier molecular flexibility index (Phi) is 4.83. The lowest BCUT2D eigenvalue weighted by atomic mass is 10.1. The van der Waals surface area contributed by atoms with Gasteiger partial charge in [-0.2, -0.15) is 9.97 Å². The van der Waals surface area contributed by atoms with Gasteiger partial charge < -0.3 is 15.5 Å². The van der Waals surface area contributed by atoms with Crippen LogP contribution in [0.15, 0.2) is 66.7 Å². The number of para-hydroxylation sites is 1. The molecule has 0 unspecified atom stereocenters. The molecule has 1 aromatic heterocycles. The summed E-state index contributed by atoms with van der Waals surface area (Å²) in [5.41, 5.74) is 3.65. The molecular formula is C23H20N4O2. The molecule has 0 atom stereocenters. The Hall–Kier alpha value is -3.93. The minimum absolute atomic E-state index is 0.0842. The van der Waals surface area contributed by atoms with E-state index >= 15 is 0 Å². The second-order valence-corrected chi connectivity index (χ2v) is 6.84. The maximum Gasteiger partial charge on any atom is 0.231 e. The highest BCUT2D eigenvalue weighted by atomic mass is 16.3. The molecule has 0 saturated carbocycles. The Labute approximate surface area is 168 Å². The van der Waals surface area contributed by atoms with E-state index < -0.39 is 0 Å². The monoisotopic (exact) mass is 384 g/mol. The number of rotatable bonds is 4. The number of anilines is 2. The van der Waals surface area contributed by atoms with Crippen LogP contribution in [0.3, 0.4) is 0 Å². The molecule has 0 amide bonds. The number of hydrogen-bond acceptors (Lipinski definition) is 6. The van der Waals surface area contributed by atoms with E-state index in [9.17, 15) is 10.2 Å². The van der Waals surface area contributed by atoms with Crippen LogP contribution in [0.25, 0.3) is 22.8 Å². The van der Waals surface area contributed by atoms with Crippen LogP contribution >= 0.6 is 0 Å². The van der Waals surface area contributed by atoms with Crippen molar-refractivity contribution in [2.24, 2.45) is 0 Å². The topological polar surface area (TPSA) is 91.2 Å². The van der Waals surface area contributed by atoms with Crippen molar-refractivity contribution in [2.75, 3.05) is 5.32 Å². The summed E-state index contributed by atoms with van der Waals surface area (Å²) in [7, 11) is 0. The van der Waals surface area contributed by atoms with Crippen LogP contribution in [0.2, 0.25) is 0 Å². The van der Waals surface area contributed by atoms with Crippen LogP contribution < -0.4 is 5.32 Å². The van der Waals surface area contributed by atoms with Crippen molar-refractivity contribution >= 4 is 11.6 Å². The van der Waals surface area contributed by atoms with Gasteiger partial charge in [0, 0.05) is 5.69 Å². The summed E-state index contributed by atoms with van der Waals surface area (Å²) in [5.74, 6) is 1.11. The molecule has 1 heterocycles. The number of aromatic nitrogens is 3. The Bertz CT molecular complexity index is 1110. The molecule has 3 N–H and O–H groups in total. The number of hydrogen-bond donors (Lipinski definition) is 3. The average Bonchev–Trinajstić information content (AvgIpc) is 2.68. The molecule has 0 saturated heterocycles. The van der Waals surface area contributed by atoms with Gasteiger partial charge in [-0.15, -0.1) is 0 Å². The zero-order chi connectivity index (χ0) is 20.4. The minimum Gasteiger partial charge on any atom is -0.507 e. The van der Waals surface area contributed by atoms with E-state index in [1.54, 1.807) is 24.3 Å². The molecule has 3 aromatic carbocycles. The Morgan fingerprint density at radius 1 is 0.655 bits per heavy atom. The summed E-state index contributed by atoms with van der Waals surface area (Å²) in [5, 5.41) is 24.0. The van der Waals surface area contributed by atoms with Crippen molar-refractivity contribution in [3.63, 3.8) is 0 Å².